The normalized spacial score (nSPS) is 12.4. The summed E-state index contributed by atoms with van der Waals surface area (Å²) in [7, 11) is 0. The molecule has 5 nitrogen and oxygen atoms in total. The van der Waals surface area contributed by atoms with Crippen molar-refractivity contribution >= 4 is 92.7 Å². The Labute approximate surface area is 313 Å². The summed E-state index contributed by atoms with van der Waals surface area (Å²) >= 11 is 0. The Balaban J connectivity index is 1.18. The third kappa shape index (κ3) is 3.81. The number of fused-ring (bicyclic) bond motifs is 15. The van der Waals surface area contributed by atoms with Gasteiger partial charge in [-0.05, 0) is 40.8 Å². The molecule has 5 aromatic heterocycles. The van der Waals surface area contributed by atoms with Crippen molar-refractivity contribution in [1.29, 1.82) is 0 Å². The molecule has 254 valence electrons. The molecule has 0 unspecified atom stereocenters. The van der Waals surface area contributed by atoms with E-state index < -0.39 is 0 Å². The molecule has 0 amide bonds. The van der Waals surface area contributed by atoms with Crippen LogP contribution in [-0.4, -0.2) is 18.9 Å². The molecule has 0 fully saturated rings. The zero-order valence-electron chi connectivity index (χ0n) is 29.4. The van der Waals surface area contributed by atoms with E-state index in [1.807, 2.05) is 24.3 Å². The lowest BCUT2D eigenvalue weighted by molar-refractivity contribution is 0.651. The van der Waals surface area contributed by atoms with Crippen molar-refractivity contribution in [3.63, 3.8) is 0 Å². The quantitative estimate of drug-likeness (QED) is 0.184. The molecular formula is C50H28N4O. The fourth-order valence-electron chi connectivity index (χ4n) is 9.35. The van der Waals surface area contributed by atoms with Gasteiger partial charge < -0.3 is 8.82 Å². The number of hydrogen-bond donors (Lipinski definition) is 0. The maximum Gasteiger partial charge on any atom is 0.238 e. The summed E-state index contributed by atoms with van der Waals surface area (Å²) in [4.78, 5) is 10.8. The highest BCUT2D eigenvalue weighted by atomic mass is 16.3. The Morgan fingerprint density at radius 3 is 1.93 bits per heavy atom. The number of nitrogens with zero attached hydrogens (tertiary/aromatic N) is 4. The monoisotopic (exact) mass is 700 g/mol. The molecule has 0 spiro atoms. The fraction of sp³-hybridized carbons (Fsp3) is 0. The predicted octanol–water partition coefficient (Wildman–Crippen LogP) is 13.1. The first kappa shape index (κ1) is 29.0. The minimum absolute atomic E-state index is 0.568. The van der Waals surface area contributed by atoms with Gasteiger partial charge in [0.2, 0.25) is 11.7 Å². The van der Waals surface area contributed by atoms with E-state index >= 15 is 0 Å². The molecule has 8 aromatic carbocycles. The second kappa shape index (κ2) is 10.6. The Hall–Kier alpha value is -7.50. The molecule has 0 saturated carbocycles. The maximum absolute atomic E-state index is 6.56. The second-order valence-electron chi connectivity index (χ2n) is 14.5. The summed E-state index contributed by atoms with van der Waals surface area (Å²) in [6, 6.07) is 60.5. The molecule has 0 atom stereocenters. The van der Waals surface area contributed by atoms with E-state index in [-0.39, 0.29) is 0 Å². The lowest BCUT2D eigenvalue weighted by Gasteiger charge is -2.10. The summed E-state index contributed by atoms with van der Waals surface area (Å²) < 4.78 is 11.3. The largest absolute Gasteiger partial charge is 0.437 e. The van der Waals surface area contributed by atoms with Crippen LogP contribution in [0.5, 0.6) is 0 Å². The van der Waals surface area contributed by atoms with Crippen molar-refractivity contribution in [2.45, 2.75) is 0 Å². The van der Waals surface area contributed by atoms with Crippen LogP contribution >= 0.6 is 0 Å². The third-order valence-corrected chi connectivity index (χ3v) is 11.7. The maximum atomic E-state index is 6.56. The Bertz CT molecular complexity index is 3700. The number of furan rings is 1. The minimum Gasteiger partial charge on any atom is -0.437 e. The van der Waals surface area contributed by atoms with Crippen LogP contribution < -0.4 is 0 Å². The topological polar surface area (TPSA) is 48.3 Å². The van der Waals surface area contributed by atoms with E-state index in [2.05, 4.69) is 155 Å². The molecular weight excluding hydrogens is 673 g/mol. The molecule has 0 bridgehead atoms. The van der Waals surface area contributed by atoms with E-state index in [0.717, 1.165) is 49.6 Å². The van der Waals surface area contributed by atoms with Crippen LogP contribution in [0.25, 0.3) is 121 Å². The zero-order valence-corrected chi connectivity index (χ0v) is 29.4. The highest BCUT2D eigenvalue weighted by Gasteiger charge is 2.26. The van der Waals surface area contributed by atoms with E-state index in [4.69, 9.17) is 14.4 Å². The Morgan fingerprint density at radius 1 is 0.400 bits per heavy atom. The van der Waals surface area contributed by atoms with Crippen molar-refractivity contribution in [2.24, 2.45) is 0 Å². The predicted molar refractivity (Wildman–Crippen MR) is 227 cm³/mol. The molecule has 13 rings (SSSR count). The van der Waals surface area contributed by atoms with Crippen LogP contribution in [0.1, 0.15) is 0 Å². The lowest BCUT2D eigenvalue weighted by atomic mass is 10.00. The van der Waals surface area contributed by atoms with Crippen LogP contribution in [0, 0.1) is 0 Å². The van der Waals surface area contributed by atoms with Gasteiger partial charge in [-0.1, -0.05) is 146 Å². The molecule has 5 heteroatoms. The van der Waals surface area contributed by atoms with E-state index in [9.17, 15) is 0 Å². The van der Waals surface area contributed by atoms with Gasteiger partial charge in [0, 0.05) is 48.7 Å². The van der Waals surface area contributed by atoms with Crippen molar-refractivity contribution in [2.75, 3.05) is 0 Å². The fourth-order valence-corrected chi connectivity index (χ4v) is 9.35. The van der Waals surface area contributed by atoms with Gasteiger partial charge in [0.25, 0.3) is 0 Å². The molecule has 0 radical (unpaired) electrons. The highest BCUT2D eigenvalue weighted by Crippen LogP contribution is 2.48. The number of aromatic nitrogens is 4. The average molecular weight is 701 g/mol. The van der Waals surface area contributed by atoms with Crippen molar-refractivity contribution in [3.8, 4) is 28.3 Å². The van der Waals surface area contributed by atoms with Gasteiger partial charge in [0.1, 0.15) is 5.58 Å². The summed E-state index contributed by atoms with van der Waals surface area (Å²) in [5, 5.41) is 11.7. The molecule has 13 aromatic rings. The molecule has 5 heterocycles. The first-order chi connectivity index (χ1) is 27.3. The van der Waals surface area contributed by atoms with Gasteiger partial charge in [0.15, 0.2) is 0 Å². The van der Waals surface area contributed by atoms with Crippen molar-refractivity contribution in [3.05, 3.63) is 170 Å². The lowest BCUT2D eigenvalue weighted by Crippen LogP contribution is -2.02. The summed E-state index contributed by atoms with van der Waals surface area (Å²) in [5.41, 5.74) is 11.3. The Morgan fingerprint density at radius 2 is 1.07 bits per heavy atom. The van der Waals surface area contributed by atoms with Crippen LogP contribution in [0.2, 0.25) is 0 Å². The first-order valence-corrected chi connectivity index (χ1v) is 18.7. The van der Waals surface area contributed by atoms with E-state index in [1.165, 1.54) is 59.8 Å². The van der Waals surface area contributed by atoms with Crippen LogP contribution in [-0.2, 0) is 0 Å². The standard InChI is InChI=1S/C50H28N4O/c1-2-12-29(13-3-1)30-22-24-32(25-23-30)46-45-36-18-8-11-21-42(36)55-49(45)52-50(51-46)53-40-20-10-7-17-35(40)43-41(53)28-38-34-16-6-9-19-39(34)54-47-33-15-5-4-14-31(33)26-27-37(47)44(43)48(38)54/h1-28H. The third-order valence-electron chi connectivity index (χ3n) is 11.7. The number of hydrogen-bond acceptors (Lipinski definition) is 3. The van der Waals surface area contributed by atoms with Gasteiger partial charge in [0.05, 0.1) is 38.7 Å². The van der Waals surface area contributed by atoms with Crippen LogP contribution in [0.3, 0.4) is 0 Å². The SMILES string of the molecule is c1ccc(-c2ccc(-c3nc(-n4c5ccccc5c5c6c7ccc8ccccc8c7n7c8ccccc8c(cc54)c67)nc4oc5ccccc5c34)cc2)cc1. The first-order valence-electron chi connectivity index (χ1n) is 18.7. The van der Waals surface area contributed by atoms with Gasteiger partial charge in [-0.3, -0.25) is 4.57 Å². The summed E-state index contributed by atoms with van der Waals surface area (Å²) in [6.45, 7) is 0. The smallest absolute Gasteiger partial charge is 0.238 e. The minimum atomic E-state index is 0.568. The highest BCUT2D eigenvalue weighted by molar-refractivity contribution is 6.37. The average Bonchev–Trinajstić information content (AvgIpc) is 3.99. The van der Waals surface area contributed by atoms with Crippen LogP contribution in [0.4, 0.5) is 0 Å². The number of rotatable bonds is 3. The zero-order chi connectivity index (χ0) is 35.8. The molecule has 0 aliphatic rings. The number of para-hydroxylation sites is 3. The number of benzene rings is 8. The van der Waals surface area contributed by atoms with E-state index in [0.29, 0.717) is 11.7 Å². The van der Waals surface area contributed by atoms with Crippen LogP contribution in [0.15, 0.2) is 174 Å². The summed E-state index contributed by atoms with van der Waals surface area (Å²) in [6.07, 6.45) is 0. The van der Waals surface area contributed by atoms with E-state index in [1.54, 1.807) is 0 Å². The van der Waals surface area contributed by atoms with Gasteiger partial charge in [-0.2, -0.15) is 4.98 Å². The molecule has 0 N–H and O–H groups in total. The van der Waals surface area contributed by atoms with Gasteiger partial charge in [-0.15, -0.1) is 0 Å². The summed E-state index contributed by atoms with van der Waals surface area (Å²) in [5.74, 6) is 0.576. The van der Waals surface area contributed by atoms with Gasteiger partial charge in [-0.25, -0.2) is 4.98 Å². The molecule has 0 aliphatic carbocycles. The molecule has 0 aliphatic heterocycles. The van der Waals surface area contributed by atoms with Gasteiger partial charge >= 0.3 is 0 Å². The molecule has 0 saturated heterocycles. The second-order valence-corrected chi connectivity index (χ2v) is 14.5. The molecule has 55 heavy (non-hydrogen) atoms. The van der Waals surface area contributed by atoms with Crippen molar-refractivity contribution in [1.82, 2.24) is 18.9 Å². The Kier molecular flexibility index (Phi) is 5.57. The van der Waals surface area contributed by atoms with Crippen molar-refractivity contribution < 1.29 is 4.42 Å².